The smallest absolute Gasteiger partial charge is 0.310 e. The van der Waals surface area contributed by atoms with E-state index in [0.29, 0.717) is 24.7 Å². The highest BCUT2D eigenvalue weighted by Gasteiger charge is 2.69. The second-order valence-electron chi connectivity index (χ2n) is 15.1. The van der Waals surface area contributed by atoms with Crippen molar-refractivity contribution in [2.24, 2.45) is 50.2 Å². The summed E-state index contributed by atoms with van der Waals surface area (Å²) in [5.74, 6) is 0.376. The molecule has 0 radical (unpaired) electrons. The fraction of sp³-hybridized carbons (Fsp3) is 0.900. The molecule has 4 heteroatoms. The number of hydrogen-bond donors (Lipinski definition) is 3. The zero-order chi connectivity index (χ0) is 25.1. The zero-order valence-corrected chi connectivity index (χ0v) is 22.6. The van der Waals surface area contributed by atoms with E-state index in [4.69, 9.17) is 0 Å². The molecule has 0 bridgehead atoms. The maximum Gasteiger partial charge on any atom is 0.310 e. The van der Waals surface area contributed by atoms with Crippen molar-refractivity contribution in [3.05, 3.63) is 11.6 Å². The molecule has 5 rings (SSSR count). The minimum Gasteiger partial charge on any atom is -0.481 e. The van der Waals surface area contributed by atoms with Gasteiger partial charge in [0.05, 0.1) is 17.6 Å². The minimum atomic E-state index is -0.832. The summed E-state index contributed by atoms with van der Waals surface area (Å²) < 4.78 is 0. The van der Waals surface area contributed by atoms with Gasteiger partial charge in [0, 0.05) is 0 Å². The van der Waals surface area contributed by atoms with E-state index in [1.807, 2.05) is 0 Å². The van der Waals surface area contributed by atoms with Gasteiger partial charge in [-0.05, 0) is 103 Å². The van der Waals surface area contributed by atoms with Gasteiger partial charge < -0.3 is 15.3 Å². The Morgan fingerprint density at radius 3 is 2.18 bits per heavy atom. The lowest BCUT2D eigenvalue weighted by Gasteiger charge is -2.71. The van der Waals surface area contributed by atoms with Crippen LogP contribution < -0.4 is 0 Å². The maximum absolute atomic E-state index is 12.8. The summed E-state index contributed by atoms with van der Waals surface area (Å²) in [6, 6.07) is 0. The van der Waals surface area contributed by atoms with Crippen molar-refractivity contribution in [3.63, 3.8) is 0 Å². The molecule has 192 valence electrons. The van der Waals surface area contributed by atoms with Crippen molar-refractivity contribution in [1.82, 2.24) is 0 Å². The highest BCUT2D eigenvalue weighted by atomic mass is 16.4. The molecular weight excluding hydrogens is 424 g/mol. The Balaban J connectivity index is 1.60. The predicted molar refractivity (Wildman–Crippen MR) is 134 cm³/mol. The molecule has 3 N–H and O–H groups in total. The van der Waals surface area contributed by atoms with Crippen LogP contribution in [0, 0.1) is 50.2 Å². The van der Waals surface area contributed by atoms with Gasteiger partial charge in [0.15, 0.2) is 0 Å². The summed E-state index contributed by atoms with van der Waals surface area (Å²) in [5.41, 5.74) is 0.558. The van der Waals surface area contributed by atoms with Crippen molar-refractivity contribution in [2.45, 2.75) is 118 Å². The first kappa shape index (κ1) is 24.8. The second kappa shape index (κ2) is 7.12. The van der Waals surface area contributed by atoms with Gasteiger partial charge in [0.25, 0.3) is 0 Å². The molecule has 5 aliphatic carbocycles. The third-order valence-electron chi connectivity index (χ3n) is 13.2. The van der Waals surface area contributed by atoms with Crippen molar-refractivity contribution in [3.8, 4) is 0 Å². The molecule has 9 atom stereocenters. The Labute approximate surface area is 206 Å². The first-order chi connectivity index (χ1) is 15.6. The lowest BCUT2D eigenvalue weighted by Crippen LogP contribution is -2.65. The monoisotopic (exact) mass is 472 g/mol. The van der Waals surface area contributed by atoms with E-state index in [-0.39, 0.29) is 39.1 Å². The number of fused-ring (bicyclic) bond motifs is 7. The number of carboxylic acids is 1. The molecule has 0 aromatic carbocycles. The van der Waals surface area contributed by atoms with Crippen LogP contribution in [0.5, 0.6) is 0 Å². The molecule has 34 heavy (non-hydrogen) atoms. The van der Waals surface area contributed by atoms with E-state index in [9.17, 15) is 20.1 Å². The van der Waals surface area contributed by atoms with Crippen molar-refractivity contribution in [1.29, 1.82) is 0 Å². The molecule has 4 saturated carbocycles. The van der Waals surface area contributed by atoms with Crippen molar-refractivity contribution < 1.29 is 20.1 Å². The van der Waals surface area contributed by atoms with Crippen molar-refractivity contribution >= 4 is 5.97 Å². The second-order valence-corrected chi connectivity index (χ2v) is 15.1. The molecule has 0 aromatic rings. The Morgan fingerprint density at radius 2 is 1.53 bits per heavy atom. The van der Waals surface area contributed by atoms with Gasteiger partial charge in [-0.2, -0.15) is 0 Å². The van der Waals surface area contributed by atoms with Gasteiger partial charge >= 0.3 is 5.97 Å². The molecular formula is C30H48O4. The molecule has 0 aliphatic heterocycles. The number of aliphatic hydroxyl groups is 2. The number of hydrogen-bond acceptors (Lipinski definition) is 3. The summed E-state index contributed by atoms with van der Waals surface area (Å²) in [6.07, 6.45) is 9.68. The maximum atomic E-state index is 12.8. The average molecular weight is 473 g/mol. The largest absolute Gasteiger partial charge is 0.481 e. The Morgan fingerprint density at radius 1 is 0.853 bits per heavy atom. The Bertz CT molecular complexity index is 919. The summed E-state index contributed by atoms with van der Waals surface area (Å²) in [5, 5.41) is 32.3. The predicted octanol–water partition coefficient (Wildman–Crippen LogP) is 6.20. The third-order valence-corrected chi connectivity index (χ3v) is 13.2. The SMILES string of the molecule is CC1(C)C[C@H]2C3=CC[C@H]4[C@]5(C)CC[C@H](O)C(C)(C)[C@H]5CC[C@@]4(C)[C@@]3(C)CC[C@@]2(C(=O)O)C[C@@H]1O. The molecule has 4 nitrogen and oxygen atoms in total. The van der Waals surface area contributed by atoms with Crippen LogP contribution in [0.3, 0.4) is 0 Å². The lowest BCUT2D eigenvalue weighted by molar-refractivity contribution is -0.208. The topological polar surface area (TPSA) is 77.8 Å². The Hall–Kier alpha value is -0.870. The normalized spacial score (nSPS) is 53.4. The molecule has 0 unspecified atom stereocenters. The molecule has 0 amide bonds. The van der Waals surface area contributed by atoms with E-state index in [0.717, 1.165) is 44.9 Å². The van der Waals surface area contributed by atoms with Gasteiger partial charge in [-0.1, -0.05) is 60.1 Å². The van der Waals surface area contributed by atoms with Crippen LogP contribution in [-0.4, -0.2) is 33.5 Å². The fourth-order valence-corrected chi connectivity index (χ4v) is 10.6. The first-order valence-electron chi connectivity index (χ1n) is 13.9. The zero-order valence-electron chi connectivity index (χ0n) is 22.6. The van der Waals surface area contributed by atoms with Crippen LogP contribution in [-0.2, 0) is 4.79 Å². The number of carbonyl (C=O) groups is 1. The van der Waals surface area contributed by atoms with Crippen LogP contribution in [0.15, 0.2) is 11.6 Å². The highest BCUT2D eigenvalue weighted by Crippen LogP contribution is 2.75. The highest BCUT2D eigenvalue weighted by molar-refractivity contribution is 5.77. The van der Waals surface area contributed by atoms with E-state index in [1.54, 1.807) is 0 Å². The van der Waals surface area contributed by atoms with Gasteiger partial charge in [-0.3, -0.25) is 4.79 Å². The van der Waals surface area contributed by atoms with Gasteiger partial charge in [0.2, 0.25) is 0 Å². The summed E-state index contributed by atoms with van der Waals surface area (Å²) in [6.45, 7) is 16.3. The third kappa shape index (κ3) is 2.82. The summed E-state index contributed by atoms with van der Waals surface area (Å²) >= 11 is 0. The van der Waals surface area contributed by atoms with Gasteiger partial charge in [-0.25, -0.2) is 0 Å². The number of aliphatic carboxylic acids is 1. The standard InChI is InChI=1S/C30H48O4/c1-25(2)16-19-18-8-9-21-27(5)12-11-22(31)26(3,4)20(27)10-13-29(21,7)28(18,6)14-15-30(19,24(33)34)17-23(25)32/h8,19-23,31-32H,9-17H2,1-7H3,(H,33,34)/t19-,20+,21-,22-,23-,27+,28-,29+,30+/m0/s1. The van der Waals surface area contributed by atoms with Crippen LogP contribution in [0.25, 0.3) is 0 Å². The molecule has 0 spiro atoms. The summed E-state index contributed by atoms with van der Waals surface area (Å²) in [4.78, 5) is 12.8. The molecule has 0 heterocycles. The van der Waals surface area contributed by atoms with E-state index >= 15 is 0 Å². The number of rotatable bonds is 1. The van der Waals surface area contributed by atoms with Crippen LogP contribution in [0.1, 0.15) is 106 Å². The first-order valence-corrected chi connectivity index (χ1v) is 13.9. The lowest BCUT2D eigenvalue weighted by atomic mass is 9.33. The Kier molecular flexibility index (Phi) is 5.20. The van der Waals surface area contributed by atoms with Crippen LogP contribution in [0.2, 0.25) is 0 Å². The van der Waals surface area contributed by atoms with Crippen LogP contribution in [0.4, 0.5) is 0 Å². The van der Waals surface area contributed by atoms with Gasteiger partial charge in [-0.15, -0.1) is 0 Å². The fourth-order valence-electron chi connectivity index (χ4n) is 10.6. The van der Waals surface area contributed by atoms with E-state index in [1.165, 1.54) is 5.57 Å². The molecule has 5 aliphatic rings. The van der Waals surface area contributed by atoms with Crippen LogP contribution >= 0.6 is 0 Å². The molecule has 4 fully saturated rings. The number of aliphatic hydroxyl groups excluding tert-OH is 2. The van der Waals surface area contributed by atoms with E-state index < -0.39 is 17.5 Å². The molecule has 0 saturated heterocycles. The van der Waals surface area contributed by atoms with Crippen molar-refractivity contribution in [2.75, 3.05) is 0 Å². The van der Waals surface area contributed by atoms with Gasteiger partial charge in [0.1, 0.15) is 0 Å². The number of carboxylic acid groups (broad SMARTS) is 1. The molecule has 0 aromatic heterocycles. The minimum absolute atomic E-state index is 0.00785. The summed E-state index contributed by atoms with van der Waals surface area (Å²) in [7, 11) is 0. The van der Waals surface area contributed by atoms with E-state index in [2.05, 4.69) is 54.5 Å². The quantitative estimate of drug-likeness (QED) is 0.397. The average Bonchev–Trinajstić information content (AvgIpc) is 2.72. The number of allylic oxidation sites excluding steroid dienone is 2.